The summed E-state index contributed by atoms with van der Waals surface area (Å²) in [5.74, 6) is -3.69. The summed E-state index contributed by atoms with van der Waals surface area (Å²) in [4.78, 5) is 0. The number of hydrogen-bond donors (Lipinski definition) is 0. The molecule has 0 saturated carbocycles. The predicted octanol–water partition coefficient (Wildman–Crippen LogP) is 5.37. The largest absolute Gasteiger partial charge is 0.306 e. The van der Waals surface area contributed by atoms with Crippen molar-refractivity contribution < 1.29 is 26.3 Å². The van der Waals surface area contributed by atoms with Gasteiger partial charge in [-0.25, -0.2) is 8.78 Å². The first kappa shape index (κ1) is 14.3. The number of aryl methyl sites for hydroxylation is 2. The third-order valence-corrected chi connectivity index (χ3v) is 2.38. The maximum absolute atomic E-state index is 13.1. The molecule has 0 aliphatic heterocycles. The van der Waals surface area contributed by atoms with Crippen molar-refractivity contribution in [2.24, 2.45) is 0 Å². The van der Waals surface area contributed by atoms with Gasteiger partial charge in [0.15, 0.2) is 11.7 Å². The molecule has 0 unspecified atom stereocenters. The molecule has 0 aliphatic rings. The van der Waals surface area contributed by atoms with Crippen LogP contribution >= 0.6 is 0 Å². The van der Waals surface area contributed by atoms with Gasteiger partial charge in [-0.2, -0.15) is 17.6 Å². The smallest absolute Gasteiger partial charge is 0.200 e. The molecular formula is C12H8F6. The summed E-state index contributed by atoms with van der Waals surface area (Å²) in [6.45, 7) is 2.64. The van der Waals surface area contributed by atoms with Gasteiger partial charge in [0.1, 0.15) is 0 Å². The van der Waals surface area contributed by atoms with E-state index in [0.29, 0.717) is 6.07 Å². The summed E-state index contributed by atoms with van der Waals surface area (Å²) >= 11 is 0. The molecule has 0 amide bonds. The maximum Gasteiger partial charge on any atom is 0.306 e. The molecule has 0 atom stereocenters. The fourth-order valence-corrected chi connectivity index (χ4v) is 1.53. The number of benzene rings is 1. The van der Waals surface area contributed by atoms with Crippen LogP contribution in [0.1, 0.15) is 22.3 Å². The molecule has 0 spiro atoms. The van der Waals surface area contributed by atoms with E-state index in [1.165, 1.54) is 13.8 Å². The van der Waals surface area contributed by atoms with Gasteiger partial charge in [-0.1, -0.05) is 6.07 Å². The van der Waals surface area contributed by atoms with Gasteiger partial charge in [0.25, 0.3) is 0 Å². The van der Waals surface area contributed by atoms with Crippen LogP contribution in [0.5, 0.6) is 0 Å². The lowest BCUT2D eigenvalue weighted by atomic mass is 9.98. The Morgan fingerprint density at radius 2 is 1.00 bits per heavy atom. The molecule has 0 bridgehead atoms. The normalized spacial score (nSPS) is 10.2. The highest BCUT2D eigenvalue weighted by Crippen LogP contribution is 2.32. The molecule has 98 valence electrons. The van der Waals surface area contributed by atoms with E-state index in [4.69, 9.17) is 0 Å². The zero-order valence-corrected chi connectivity index (χ0v) is 9.42. The Labute approximate surface area is 99.2 Å². The van der Waals surface area contributed by atoms with Gasteiger partial charge in [-0.15, -0.1) is 0 Å². The third-order valence-electron chi connectivity index (χ3n) is 2.38. The van der Waals surface area contributed by atoms with E-state index in [1.807, 2.05) is 0 Å². The van der Waals surface area contributed by atoms with Gasteiger partial charge in [0.05, 0.1) is 0 Å². The Balaban J connectivity index is 3.56. The van der Waals surface area contributed by atoms with E-state index in [2.05, 4.69) is 0 Å². The van der Waals surface area contributed by atoms with Crippen LogP contribution in [0.15, 0.2) is 24.3 Å². The Morgan fingerprint density at radius 3 is 1.28 bits per heavy atom. The predicted molar refractivity (Wildman–Crippen MR) is 56.4 cm³/mol. The Morgan fingerprint density at radius 1 is 0.667 bits per heavy atom. The molecule has 1 aromatic carbocycles. The van der Waals surface area contributed by atoms with Crippen LogP contribution in [0.4, 0.5) is 26.3 Å². The summed E-state index contributed by atoms with van der Waals surface area (Å²) in [7, 11) is 0. The molecule has 18 heavy (non-hydrogen) atoms. The highest BCUT2D eigenvalue weighted by molar-refractivity contribution is 5.71. The van der Waals surface area contributed by atoms with E-state index in [9.17, 15) is 26.3 Å². The van der Waals surface area contributed by atoms with E-state index in [1.54, 1.807) is 0 Å². The topological polar surface area (TPSA) is 0 Å². The van der Waals surface area contributed by atoms with Crippen molar-refractivity contribution in [2.75, 3.05) is 0 Å². The Bertz CT molecular complexity index is 488. The van der Waals surface area contributed by atoms with Crippen molar-refractivity contribution in [3.05, 3.63) is 46.5 Å². The van der Waals surface area contributed by atoms with Crippen LogP contribution in [0, 0.1) is 13.8 Å². The van der Waals surface area contributed by atoms with Gasteiger partial charge in [-0.05, 0) is 31.0 Å². The van der Waals surface area contributed by atoms with Crippen molar-refractivity contribution in [1.82, 2.24) is 0 Å². The zero-order valence-electron chi connectivity index (χ0n) is 9.42. The van der Waals surface area contributed by atoms with Crippen molar-refractivity contribution in [3.8, 4) is 0 Å². The van der Waals surface area contributed by atoms with E-state index in [0.717, 1.165) is 6.07 Å². The summed E-state index contributed by atoms with van der Waals surface area (Å²) in [5.41, 5.74) is -0.999. The minimum absolute atomic E-state index is 0.105. The van der Waals surface area contributed by atoms with Gasteiger partial charge in [-0.3, -0.25) is 0 Å². The maximum atomic E-state index is 13.1. The van der Waals surface area contributed by atoms with E-state index < -0.39 is 34.9 Å². The minimum atomic E-state index is -2.59. The van der Waals surface area contributed by atoms with Crippen LogP contribution < -0.4 is 0 Å². The molecule has 1 aromatic rings. The monoisotopic (exact) mass is 266 g/mol. The van der Waals surface area contributed by atoms with Crippen LogP contribution in [0.25, 0.3) is 11.7 Å². The Hall–Kier alpha value is -1.72. The molecule has 1 rings (SSSR count). The van der Waals surface area contributed by atoms with Gasteiger partial charge in [0, 0.05) is 11.1 Å². The Kier molecular flexibility index (Phi) is 4.21. The molecule has 0 nitrogen and oxygen atoms in total. The summed E-state index contributed by atoms with van der Waals surface area (Å²) in [6.07, 6.45) is -5.17. The second-order valence-electron chi connectivity index (χ2n) is 3.63. The standard InChI is InChI=1S/C12H8F6/c1-5-3-6(2)8(10(14)12(17)18)4-7(5)9(13)11(15)16/h3-4H,1-2H3. The number of hydrogen-bond acceptors (Lipinski definition) is 0. The number of halogens is 6. The molecule has 0 saturated heterocycles. The zero-order chi connectivity index (χ0) is 14.0. The van der Waals surface area contributed by atoms with E-state index in [-0.39, 0.29) is 11.1 Å². The SMILES string of the molecule is Cc1cc(C)c(C(F)=C(F)F)cc1C(F)=C(F)F. The van der Waals surface area contributed by atoms with Gasteiger partial charge >= 0.3 is 12.2 Å². The van der Waals surface area contributed by atoms with Crippen LogP contribution in [0.3, 0.4) is 0 Å². The summed E-state index contributed by atoms with van der Waals surface area (Å²) in [5, 5.41) is 0. The van der Waals surface area contributed by atoms with Crippen LogP contribution in [-0.2, 0) is 0 Å². The molecule has 0 aromatic heterocycles. The lowest BCUT2D eigenvalue weighted by molar-refractivity contribution is 0.410. The third kappa shape index (κ3) is 2.75. The second-order valence-corrected chi connectivity index (χ2v) is 3.63. The highest BCUT2D eigenvalue weighted by atomic mass is 19.3. The van der Waals surface area contributed by atoms with Gasteiger partial charge < -0.3 is 0 Å². The molecule has 0 fully saturated rings. The molecular weight excluding hydrogens is 258 g/mol. The van der Waals surface area contributed by atoms with Crippen molar-refractivity contribution >= 4 is 11.7 Å². The second kappa shape index (κ2) is 5.29. The average Bonchev–Trinajstić information content (AvgIpc) is 2.27. The van der Waals surface area contributed by atoms with Crippen LogP contribution in [-0.4, -0.2) is 0 Å². The molecule has 6 heteroatoms. The lowest BCUT2D eigenvalue weighted by Crippen LogP contribution is -1.94. The summed E-state index contributed by atoms with van der Waals surface area (Å²) in [6, 6.07) is 1.81. The molecule has 0 radical (unpaired) electrons. The molecule has 0 N–H and O–H groups in total. The van der Waals surface area contributed by atoms with Crippen molar-refractivity contribution in [1.29, 1.82) is 0 Å². The quantitative estimate of drug-likeness (QED) is 0.631. The highest BCUT2D eigenvalue weighted by Gasteiger charge is 2.17. The fourth-order valence-electron chi connectivity index (χ4n) is 1.53. The van der Waals surface area contributed by atoms with E-state index >= 15 is 0 Å². The minimum Gasteiger partial charge on any atom is -0.200 e. The average molecular weight is 266 g/mol. The first-order chi connectivity index (χ1) is 8.25. The lowest BCUT2D eigenvalue weighted by Gasteiger charge is -2.09. The fraction of sp³-hybridized carbons (Fsp3) is 0.167. The first-order valence-electron chi connectivity index (χ1n) is 4.79. The first-order valence-corrected chi connectivity index (χ1v) is 4.79. The van der Waals surface area contributed by atoms with Crippen molar-refractivity contribution in [3.63, 3.8) is 0 Å². The number of rotatable bonds is 2. The van der Waals surface area contributed by atoms with Crippen LogP contribution in [0.2, 0.25) is 0 Å². The molecule has 0 aliphatic carbocycles. The summed E-state index contributed by atoms with van der Waals surface area (Å²) < 4.78 is 74.7. The molecule has 0 heterocycles. The van der Waals surface area contributed by atoms with Gasteiger partial charge in [0.2, 0.25) is 0 Å². The van der Waals surface area contributed by atoms with Crippen molar-refractivity contribution in [2.45, 2.75) is 13.8 Å².